The van der Waals surface area contributed by atoms with Crippen molar-refractivity contribution < 1.29 is 23.8 Å². The molecule has 0 aliphatic carbocycles. The van der Waals surface area contributed by atoms with E-state index < -0.39 is 0 Å². The quantitative estimate of drug-likeness (QED) is 0.803. The molecule has 0 saturated carbocycles. The van der Waals surface area contributed by atoms with Gasteiger partial charge in [0.25, 0.3) is 0 Å². The highest BCUT2D eigenvalue weighted by Gasteiger charge is 2.45. The van der Waals surface area contributed by atoms with E-state index in [1.165, 1.54) is 0 Å². The van der Waals surface area contributed by atoms with Crippen LogP contribution in [0.3, 0.4) is 0 Å². The molecule has 0 unspecified atom stereocenters. The van der Waals surface area contributed by atoms with E-state index >= 15 is 0 Å². The van der Waals surface area contributed by atoms with Crippen LogP contribution in [0.2, 0.25) is 0 Å². The minimum absolute atomic E-state index is 0.0266. The van der Waals surface area contributed by atoms with Crippen LogP contribution in [-0.4, -0.2) is 74.8 Å². The summed E-state index contributed by atoms with van der Waals surface area (Å²) in [6.45, 7) is 2.88. The Labute approximate surface area is 159 Å². The molecular formula is C19H27N3O5. The number of likely N-dealkylation sites (N-methyl/N-ethyl adjacent to an activating group) is 1. The maximum atomic E-state index is 12.3. The van der Waals surface area contributed by atoms with Gasteiger partial charge in [0.15, 0.2) is 11.5 Å². The molecule has 1 aromatic carbocycles. The van der Waals surface area contributed by atoms with E-state index in [4.69, 9.17) is 14.2 Å². The van der Waals surface area contributed by atoms with Crippen LogP contribution in [0.1, 0.15) is 18.4 Å². The number of rotatable bonds is 6. The van der Waals surface area contributed by atoms with Crippen molar-refractivity contribution in [3.8, 4) is 11.5 Å². The normalized spacial score (nSPS) is 19.1. The molecule has 2 fully saturated rings. The number of benzene rings is 1. The number of hydrogen-bond donors (Lipinski definition) is 1. The number of hydrogen-bond acceptors (Lipinski definition) is 6. The van der Waals surface area contributed by atoms with Crippen molar-refractivity contribution in [1.82, 2.24) is 15.1 Å². The summed E-state index contributed by atoms with van der Waals surface area (Å²) in [6.07, 6.45) is 1.26. The van der Waals surface area contributed by atoms with Gasteiger partial charge in [-0.15, -0.1) is 0 Å². The zero-order valence-electron chi connectivity index (χ0n) is 16.1. The molecule has 2 aliphatic heterocycles. The predicted molar refractivity (Wildman–Crippen MR) is 98.9 cm³/mol. The van der Waals surface area contributed by atoms with Crippen molar-refractivity contribution in [2.45, 2.75) is 25.0 Å². The lowest BCUT2D eigenvalue weighted by Gasteiger charge is -2.36. The van der Waals surface area contributed by atoms with Gasteiger partial charge in [-0.2, -0.15) is 0 Å². The molecule has 0 atom stereocenters. The van der Waals surface area contributed by atoms with Crippen LogP contribution in [0, 0.1) is 0 Å². The number of methoxy groups -OCH3 is 2. The van der Waals surface area contributed by atoms with Crippen LogP contribution in [0.15, 0.2) is 18.2 Å². The number of nitrogens with zero attached hydrogens (tertiary/aromatic N) is 2. The van der Waals surface area contributed by atoms with Crippen LogP contribution in [-0.2, 0) is 16.1 Å². The Morgan fingerprint density at radius 1 is 1.22 bits per heavy atom. The van der Waals surface area contributed by atoms with Crippen molar-refractivity contribution in [3.63, 3.8) is 0 Å². The van der Waals surface area contributed by atoms with Crippen LogP contribution in [0.4, 0.5) is 4.79 Å². The van der Waals surface area contributed by atoms with Crippen LogP contribution in [0.25, 0.3) is 0 Å². The molecule has 27 heavy (non-hydrogen) atoms. The third-order valence-electron chi connectivity index (χ3n) is 5.21. The highest BCUT2D eigenvalue weighted by atomic mass is 16.6. The first kappa shape index (κ1) is 19.3. The number of carbonyl (C=O) groups is 2. The van der Waals surface area contributed by atoms with Gasteiger partial charge >= 0.3 is 6.09 Å². The standard InChI is InChI=1S/C19H27N3O5/c1-21-13-19(27-18(21)24)6-8-22(9-7-19)12-17(23)20-11-14-4-5-15(25-2)16(10-14)26-3/h4-5,10H,6-9,11-13H2,1-3H3,(H,20,23). The van der Waals surface area contributed by atoms with Crippen molar-refractivity contribution >= 4 is 12.0 Å². The second kappa shape index (κ2) is 8.04. The van der Waals surface area contributed by atoms with Gasteiger partial charge in [0.05, 0.1) is 27.3 Å². The van der Waals surface area contributed by atoms with E-state index in [9.17, 15) is 9.59 Å². The Morgan fingerprint density at radius 2 is 1.93 bits per heavy atom. The summed E-state index contributed by atoms with van der Waals surface area (Å²) in [5.74, 6) is 1.27. The molecule has 8 nitrogen and oxygen atoms in total. The monoisotopic (exact) mass is 377 g/mol. The molecule has 2 amide bonds. The predicted octanol–water partition coefficient (Wildman–Crippen LogP) is 1.24. The Morgan fingerprint density at radius 3 is 2.52 bits per heavy atom. The zero-order valence-corrected chi connectivity index (χ0v) is 16.1. The first-order valence-corrected chi connectivity index (χ1v) is 9.09. The SMILES string of the molecule is COc1ccc(CNC(=O)CN2CCC3(CC2)CN(C)C(=O)O3)cc1OC. The molecule has 8 heteroatoms. The molecule has 0 aromatic heterocycles. The molecule has 2 heterocycles. The summed E-state index contributed by atoms with van der Waals surface area (Å²) in [5.41, 5.74) is 0.567. The molecule has 1 N–H and O–H groups in total. The minimum Gasteiger partial charge on any atom is -0.493 e. The highest BCUT2D eigenvalue weighted by Crippen LogP contribution is 2.32. The number of piperidine rings is 1. The topological polar surface area (TPSA) is 80.3 Å². The fraction of sp³-hybridized carbons (Fsp3) is 0.579. The lowest BCUT2D eigenvalue weighted by molar-refractivity contribution is -0.123. The molecule has 2 aliphatic rings. The second-order valence-electron chi connectivity index (χ2n) is 7.15. The van der Waals surface area contributed by atoms with Gasteiger partial charge in [0.2, 0.25) is 5.91 Å². The molecule has 2 saturated heterocycles. The van der Waals surface area contributed by atoms with Crippen LogP contribution >= 0.6 is 0 Å². The van der Waals surface area contributed by atoms with E-state index in [2.05, 4.69) is 10.2 Å². The van der Waals surface area contributed by atoms with E-state index in [0.717, 1.165) is 31.5 Å². The van der Waals surface area contributed by atoms with Crippen molar-refractivity contribution in [2.24, 2.45) is 0 Å². The number of amides is 2. The summed E-state index contributed by atoms with van der Waals surface area (Å²) >= 11 is 0. The lowest BCUT2D eigenvalue weighted by atomic mass is 9.91. The fourth-order valence-electron chi connectivity index (χ4n) is 3.62. The maximum Gasteiger partial charge on any atom is 0.410 e. The molecule has 1 aromatic rings. The van der Waals surface area contributed by atoms with E-state index in [1.807, 2.05) is 18.2 Å². The lowest BCUT2D eigenvalue weighted by Crippen LogP contribution is -2.49. The van der Waals surface area contributed by atoms with Gasteiger partial charge in [0, 0.05) is 39.5 Å². The zero-order chi connectivity index (χ0) is 19.4. The van der Waals surface area contributed by atoms with E-state index in [0.29, 0.717) is 31.1 Å². The molecule has 1 spiro atoms. The Balaban J connectivity index is 1.45. The maximum absolute atomic E-state index is 12.3. The number of likely N-dealkylation sites (tertiary alicyclic amines) is 1. The Bertz CT molecular complexity index is 701. The van der Waals surface area contributed by atoms with Gasteiger partial charge in [-0.1, -0.05) is 6.07 Å². The van der Waals surface area contributed by atoms with E-state index in [1.54, 1.807) is 26.2 Å². The second-order valence-corrected chi connectivity index (χ2v) is 7.15. The minimum atomic E-state index is -0.377. The molecule has 0 radical (unpaired) electrons. The van der Waals surface area contributed by atoms with Gasteiger partial charge < -0.3 is 24.4 Å². The van der Waals surface area contributed by atoms with E-state index in [-0.39, 0.29) is 17.6 Å². The van der Waals surface area contributed by atoms with Gasteiger partial charge in [0.1, 0.15) is 5.60 Å². The van der Waals surface area contributed by atoms with Crippen LogP contribution in [0.5, 0.6) is 11.5 Å². The summed E-state index contributed by atoms with van der Waals surface area (Å²) in [6, 6.07) is 5.58. The average molecular weight is 377 g/mol. The molecule has 3 rings (SSSR count). The average Bonchev–Trinajstić information content (AvgIpc) is 2.95. The van der Waals surface area contributed by atoms with Crippen molar-refractivity contribution in [3.05, 3.63) is 23.8 Å². The highest BCUT2D eigenvalue weighted by molar-refractivity contribution is 5.78. The first-order valence-electron chi connectivity index (χ1n) is 9.09. The largest absolute Gasteiger partial charge is 0.493 e. The van der Waals surface area contributed by atoms with Crippen molar-refractivity contribution in [1.29, 1.82) is 0 Å². The van der Waals surface area contributed by atoms with Gasteiger partial charge in [-0.3, -0.25) is 9.69 Å². The smallest absolute Gasteiger partial charge is 0.410 e. The number of nitrogens with one attached hydrogen (secondary N) is 1. The summed E-state index contributed by atoms with van der Waals surface area (Å²) in [4.78, 5) is 27.6. The first-order chi connectivity index (χ1) is 12.9. The molecule has 0 bridgehead atoms. The molecule has 148 valence electrons. The van der Waals surface area contributed by atoms with Gasteiger partial charge in [-0.25, -0.2) is 4.79 Å². The summed E-state index contributed by atoms with van der Waals surface area (Å²) in [5, 5.41) is 2.94. The third-order valence-corrected chi connectivity index (χ3v) is 5.21. The van der Waals surface area contributed by atoms with Crippen molar-refractivity contribution in [2.75, 3.05) is 47.4 Å². The Kier molecular flexibility index (Phi) is 5.74. The third kappa shape index (κ3) is 4.44. The summed E-state index contributed by atoms with van der Waals surface area (Å²) in [7, 11) is 4.93. The van der Waals surface area contributed by atoms with Crippen LogP contribution < -0.4 is 14.8 Å². The number of ether oxygens (including phenoxy) is 3. The number of carbonyl (C=O) groups excluding carboxylic acids is 2. The fourth-order valence-corrected chi connectivity index (χ4v) is 3.62. The Hall–Kier alpha value is -2.48. The summed E-state index contributed by atoms with van der Waals surface area (Å²) < 4.78 is 16.0. The molecular weight excluding hydrogens is 350 g/mol. The van der Waals surface area contributed by atoms with Gasteiger partial charge in [-0.05, 0) is 17.7 Å².